The molecule has 0 atom stereocenters. The van der Waals surface area contributed by atoms with Crippen LogP contribution in [0.25, 0.3) is 0 Å². The average molecular weight is 252 g/mol. The molecule has 2 N–H and O–H groups in total. The maximum atomic E-state index is 5.47. The van der Waals surface area contributed by atoms with Gasteiger partial charge in [-0.05, 0) is 62.9 Å². The lowest BCUT2D eigenvalue weighted by Gasteiger charge is -2.37. The van der Waals surface area contributed by atoms with Crippen molar-refractivity contribution in [1.82, 2.24) is 10.6 Å². The summed E-state index contributed by atoms with van der Waals surface area (Å²) in [6, 6.07) is 0. The Morgan fingerprint density at radius 2 is 1.83 bits per heavy atom. The predicted octanol–water partition coefficient (Wildman–Crippen LogP) is 1.78. The molecule has 3 heteroatoms. The maximum Gasteiger partial charge on any atom is 0.0531 e. The van der Waals surface area contributed by atoms with Crippen LogP contribution in [0.15, 0.2) is 0 Å². The zero-order valence-electron chi connectivity index (χ0n) is 11.8. The van der Waals surface area contributed by atoms with Crippen molar-refractivity contribution in [3.8, 4) is 0 Å². The van der Waals surface area contributed by atoms with Crippen LogP contribution in [-0.2, 0) is 4.74 Å². The van der Waals surface area contributed by atoms with E-state index in [1.807, 2.05) is 7.11 Å². The lowest BCUT2D eigenvalue weighted by atomic mass is 9.79. The summed E-state index contributed by atoms with van der Waals surface area (Å²) in [6.45, 7) is 5.63. The first kappa shape index (κ1) is 12.9. The number of nitrogens with one attached hydrogen (secondary N) is 2. The summed E-state index contributed by atoms with van der Waals surface area (Å²) in [5.74, 6) is 1.07. The van der Waals surface area contributed by atoms with Crippen molar-refractivity contribution in [3.05, 3.63) is 0 Å². The lowest BCUT2D eigenvalue weighted by molar-refractivity contribution is 0.0525. The Balaban J connectivity index is 1.47. The van der Waals surface area contributed by atoms with Crippen molar-refractivity contribution in [2.45, 2.75) is 38.5 Å². The third-order valence-electron chi connectivity index (χ3n) is 5.43. The van der Waals surface area contributed by atoms with E-state index < -0.39 is 0 Å². The molecule has 18 heavy (non-hydrogen) atoms. The summed E-state index contributed by atoms with van der Waals surface area (Å²) >= 11 is 0. The van der Waals surface area contributed by atoms with Crippen LogP contribution in [0.3, 0.4) is 0 Å². The van der Waals surface area contributed by atoms with Gasteiger partial charge in [0.15, 0.2) is 0 Å². The summed E-state index contributed by atoms with van der Waals surface area (Å²) in [4.78, 5) is 0. The zero-order chi connectivity index (χ0) is 12.5. The largest absolute Gasteiger partial charge is 0.384 e. The molecule has 0 bridgehead atoms. The molecule has 0 aromatic carbocycles. The SMILES string of the molecule is COCC1(CNCC2(C3CC3)CC2)CCNCC1. The Morgan fingerprint density at radius 1 is 1.11 bits per heavy atom. The van der Waals surface area contributed by atoms with Gasteiger partial charge in [0.05, 0.1) is 6.61 Å². The van der Waals surface area contributed by atoms with Gasteiger partial charge in [0.2, 0.25) is 0 Å². The monoisotopic (exact) mass is 252 g/mol. The first-order valence-electron chi connectivity index (χ1n) is 7.69. The topological polar surface area (TPSA) is 33.3 Å². The molecule has 3 fully saturated rings. The Hall–Kier alpha value is -0.120. The highest BCUT2D eigenvalue weighted by Gasteiger charge is 2.53. The molecule has 0 unspecified atom stereocenters. The first-order chi connectivity index (χ1) is 8.79. The molecule has 1 saturated heterocycles. The van der Waals surface area contributed by atoms with Gasteiger partial charge >= 0.3 is 0 Å². The van der Waals surface area contributed by atoms with Gasteiger partial charge in [0.25, 0.3) is 0 Å². The molecular weight excluding hydrogens is 224 g/mol. The second kappa shape index (κ2) is 5.10. The van der Waals surface area contributed by atoms with Crippen LogP contribution in [0.1, 0.15) is 38.5 Å². The molecule has 3 rings (SSSR count). The third-order valence-corrected chi connectivity index (χ3v) is 5.43. The average Bonchev–Trinajstić information content (AvgIpc) is 3.25. The molecule has 2 aliphatic carbocycles. The van der Waals surface area contributed by atoms with Crippen LogP contribution in [0.4, 0.5) is 0 Å². The van der Waals surface area contributed by atoms with Crippen molar-refractivity contribution in [2.75, 3.05) is 39.9 Å². The fourth-order valence-corrected chi connectivity index (χ4v) is 3.80. The minimum atomic E-state index is 0.389. The van der Waals surface area contributed by atoms with Gasteiger partial charge in [-0.15, -0.1) is 0 Å². The van der Waals surface area contributed by atoms with Crippen molar-refractivity contribution >= 4 is 0 Å². The molecule has 104 valence electrons. The standard InChI is InChI=1S/C15H28N2O/c1-18-12-14(6-8-16-9-7-14)10-17-11-15(4-5-15)13-2-3-13/h13,16-17H,2-12H2,1H3. The van der Waals surface area contributed by atoms with Gasteiger partial charge in [-0.2, -0.15) is 0 Å². The van der Waals surface area contributed by atoms with E-state index in [-0.39, 0.29) is 0 Å². The second-order valence-corrected chi connectivity index (χ2v) is 6.92. The van der Waals surface area contributed by atoms with Crippen LogP contribution >= 0.6 is 0 Å². The van der Waals surface area contributed by atoms with E-state index in [0.717, 1.165) is 37.6 Å². The highest BCUT2D eigenvalue weighted by Crippen LogP contribution is 2.60. The van der Waals surface area contributed by atoms with Gasteiger partial charge < -0.3 is 15.4 Å². The predicted molar refractivity (Wildman–Crippen MR) is 73.7 cm³/mol. The Labute approximate surface area is 111 Å². The van der Waals surface area contributed by atoms with Crippen molar-refractivity contribution in [1.29, 1.82) is 0 Å². The molecule has 0 amide bonds. The number of methoxy groups -OCH3 is 1. The highest BCUT2D eigenvalue weighted by molar-refractivity contribution is 5.05. The molecule has 0 spiro atoms. The van der Waals surface area contributed by atoms with Gasteiger partial charge in [-0.3, -0.25) is 0 Å². The molecule has 0 aromatic heterocycles. The summed E-state index contributed by atoms with van der Waals surface area (Å²) in [6.07, 6.45) is 8.45. The van der Waals surface area contributed by atoms with E-state index in [2.05, 4.69) is 10.6 Å². The van der Waals surface area contributed by atoms with Crippen molar-refractivity contribution in [2.24, 2.45) is 16.7 Å². The van der Waals surface area contributed by atoms with E-state index in [1.165, 1.54) is 45.1 Å². The minimum absolute atomic E-state index is 0.389. The second-order valence-electron chi connectivity index (χ2n) is 6.92. The third kappa shape index (κ3) is 2.73. The Bertz CT molecular complexity index is 273. The molecule has 2 saturated carbocycles. The quantitative estimate of drug-likeness (QED) is 0.724. The molecule has 3 aliphatic rings. The Morgan fingerprint density at radius 3 is 2.39 bits per heavy atom. The molecule has 1 aliphatic heterocycles. The van der Waals surface area contributed by atoms with Gasteiger partial charge in [0.1, 0.15) is 0 Å². The number of hydrogen-bond donors (Lipinski definition) is 2. The fourth-order valence-electron chi connectivity index (χ4n) is 3.80. The van der Waals surface area contributed by atoms with E-state index in [4.69, 9.17) is 4.74 Å². The van der Waals surface area contributed by atoms with Gasteiger partial charge in [-0.25, -0.2) is 0 Å². The minimum Gasteiger partial charge on any atom is -0.384 e. The van der Waals surface area contributed by atoms with Gasteiger partial charge in [-0.1, -0.05) is 0 Å². The molecule has 1 heterocycles. The van der Waals surface area contributed by atoms with E-state index in [9.17, 15) is 0 Å². The molecule has 0 aromatic rings. The van der Waals surface area contributed by atoms with Crippen molar-refractivity contribution in [3.63, 3.8) is 0 Å². The number of piperidine rings is 1. The normalized spacial score (nSPS) is 29.2. The summed E-state index contributed by atoms with van der Waals surface area (Å²) < 4.78 is 5.47. The number of ether oxygens (including phenoxy) is 1. The highest BCUT2D eigenvalue weighted by atomic mass is 16.5. The molecule has 3 nitrogen and oxygen atoms in total. The van der Waals surface area contributed by atoms with Gasteiger partial charge in [0, 0.05) is 25.6 Å². The van der Waals surface area contributed by atoms with Crippen molar-refractivity contribution < 1.29 is 4.74 Å². The number of hydrogen-bond acceptors (Lipinski definition) is 3. The Kier molecular flexibility index (Phi) is 3.65. The van der Waals surface area contributed by atoms with E-state index in [0.29, 0.717) is 5.41 Å². The maximum absolute atomic E-state index is 5.47. The molecular formula is C15H28N2O. The summed E-state index contributed by atoms with van der Waals surface area (Å²) in [7, 11) is 1.84. The van der Waals surface area contributed by atoms with Crippen LogP contribution in [0, 0.1) is 16.7 Å². The first-order valence-corrected chi connectivity index (χ1v) is 7.69. The fraction of sp³-hybridized carbons (Fsp3) is 1.00. The smallest absolute Gasteiger partial charge is 0.0531 e. The van der Waals surface area contributed by atoms with E-state index in [1.54, 1.807) is 0 Å². The summed E-state index contributed by atoms with van der Waals surface area (Å²) in [5, 5.41) is 7.26. The lowest BCUT2D eigenvalue weighted by Crippen LogP contribution is -2.47. The van der Waals surface area contributed by atoms with Crippen LogP contribution in [-0.4, -0.2) is 39.9 Å². The van der Waals surface area contributed by atoms with Crippen LogP contribution in [0.5, 0.6) is 0 Å². The number of rotatable bonds is 7. The van der Waals surface area contributed by atoms with Crippen LogP contribution in [0.2, 0.25) is 0 Å². The zero-order valence-corrected chi connectivity index (χ0v) is 11.8. The van der Waals surface area contributed by atoms with E-state index >= 15 is 0 Å². The van der Waals surface area contributed by atoms with Crippen LogP contribution < -0.4 is 10.6 Å². The summed E-state index contributed by atoms with van der Waals surface area (Å²) in [5.41, 5.74) is 1.11. The molecule has 0 radical (unpaired) electrons.